The van der Waals surface area contributed by atoms with Crippen LogP contribution >= 0.6 is 0 Å². The van der Waals surface area contributed by atoms with E-state index in [0.717, 1.165) is 31.0 Å². The molecule has 0 aromatic heterocycles. The van der Waals surface area contributed by atoms with Crippen molar-refractivity contribution >= 4 is 0 Å². The summed E-state index contributed by atoms with van der Waals surface area (Å²) in [5.41, 5.74) is 7.35. The molecule has 3 N–H and O–H groups in total. The zero-order valence-corrected chi connectivity index (χ0v) is 10.4. The maximum absolute atomic E-state index is 6.15. The summed E-state index contributed by atoms with van der Waals surface area (Å²) in [6, 6.07) is 6.15. The molecule has 2 unspecified atom stereocenters. The Morgan fingerprint density at radius 2 is 1.82 bits per heavy atom. The van der Waals surface area contributed by atoms with E-state index in [1.165, 1.54) is 5.56 Å². The topological polar surface area (TPSA) is 56.5 Å². The summed E-state index contributed by atoms with van der Waals surface area (Å²) >= 11 is 0. The third kappa shape index (κ3) is 2.70. The van der Waals surface area contributed by atoms with Crippen LogP contribution in [0.15, 0.2) is 18.2 Å². The van der Waals surface area contributed by atoms with Crippen molar-refractivity contribution in [3.63, 3.8) is 0 Å². The Kier molecular flexibility index (Phi) is 3.86. The monoisotopic (exact) mass is 236 g/mol. The standard InChI is InChI=1S/C13H20N2O2/c1-16-10-5-9(6-11(7-10)17-2)12-3-4-15-8-13(12)14/h5-7,12-13,15H,3-4,8,14H2,1-2H3. The van der Waals surface area contributed by atoms with Gasteiger partial charge in [0.05, 0.1) is 14.2 Å². The molecule has 1 aliphatic heterocycles. The molecule has 0 amide bonds. The number of rotatable bonds is 3. The number of nitrogens with two attached hydrogens (primary N) is 1. The van der Waals surface area contributed by atoms with Crippen molar-refractivity contribution in [3.8, 4) is 11.5 Å². The summed E-state index contributed by atoms with van der Waals surface area (Å²) in [4.78, 5) is 0. The van der Waals surface area contributed by atoms with Gasteiger partial charge < -0.3 is 20.5 Å². The van der Waals surface area contributed by atoms with E-state index in [1.54, 1.807) is 14.2 Å². The fourth-order valence-corrected chi connectivity index (χ4v) is 2.34. The highest BCUT2D eigenvalue weighted by molar-refractivity contribution is 5.40. The number of ether oxygens (including phenoxy) is 2. The van der Waals surface area contributed by atoms with Gasteiger partial charge in [-0.15, -0.1) is 0 Å². The lowest BCUT2D eigenvalue weighted by atomic mass is 9.86. The first kappa shape index (κ1) is 12.2. The van der Waals surface area contributed by atoms with Gasteiger partial charge in [-0.3, -0.25) is 0 Å². The van der Waals surface area contributed by atoms with Crippen LogP contribution in [0.1, 0.15) is 17.9 Å². The highest BCUT2D eigenvalue weighted by Crippen LogP contribution is 2.31. The van der Waals surface area contributed by atoms with Gasteiger partial charge in [0, 0.05) is 24.6 Å². The van der Waals surface area contributed by atoms with E-state index in [4.69, 9.17) is 15.2 Å². The highest BCUT2D eigenvalue weighted by Gasteiger charge is 2.24. The first-order chi connectivity index (χ1) is 8.24. The van der Waals surface area contributed by atoms with E-state index in [-0.39, 0.29) is 6.04 Å². The smallest absolute Gasteiger partial charge is 0.122 e. The third-order valence-corrected chi connectivity index (χ3v) is 3.33. The number of methoxy groups -OCH3 is 2. The van der Waals surface area contributed by atoms with Gasteiger partial charge in [-0.1, -0.05) is 0 Å². The zero-order chi connectivity index (χ0) is 12.3. The SMILES string of the molecule is COc1cc(OC)cc(C2CCNCC2N)c1. The van der Waals surface area contributed by atoms with Crippen LogP contribution in [0.3, 0.4) is 0 Å². The predicted octanol–water partition coefficient (Wildman–Crippen LogP) is 1.11. The molecule has 0 saturated carbocycles. The molecule has 94 valence electrons. The minimum absolute atomic E-state index is 0.153. The maximum atomic E-state index is 6.15. The minimum atomic E-state index is 0.153. The lowest BCUT2D eigenvalue weighted by Gasteiger charge is -2.30. The van der Waals surface area contributed by atoms with Crippen LogP contribution in [0.2, 0.25) is 0 Å². The van der Waals surface area contributed by atoms with Crippen molar-refractivity contribution in [2.75, 3.05) is 27.3 Å². The van der Waals surface area contributed by atoms with Crippen LogP contribution in [-0.2, 0) is 0 Å². The molecule has 0 bridgehead atoms. The molecule has 1 saturated heterocycles. The quantitative estimate of drug-likeness (QED) is 0.825. The largest absolute Gasteiger partial charge is 0.497 e. The third-order valence-electron chi connectivity index (χ3n) is 3.33. The molecule has 2 rings (SSSR count). The normalized spacial score (nSPS) is 24.4. The number of hydrogen-bond donors (Lipinski definition) is 2. The number of nitrogens with one attached hydrogen (secondary N) is 1. The summed E-state index contributed by atoms with van der Waals surface area (Å²) < 4.78 is 10.6. The Balaban J connectivity index is 2.29. The van der Waals surface area contributed by atoms with E-state index < -0.39 is 0 Å². The van der Waals surface area contributed by atoms with E-state index in [9.17, 15) is 0 Å². The molecule has 0 spiro atoms. The van der Waals surface area contributed by atoms with Gasteiger partial charge in [-0.25, -0.2) is 0 Å². The van der Waals surface area contributed by atoms with Crippen molar-refractivity contribution in [3.05, 3.63) is 23.8 Å². The second-order valence-corrected chi connectivity index (χ2v) is 4.41. The Morgan fingerprint density at radius 1 is 1.18 bits per heavy atom. The van der Waals surface area contributed by atoms with E-state index in [2.05, 4.69) is 17.4 Å². The van der Waals surface area contributed by atoms with Gasteiger partial charge in [-0.2, -0.15) is 0 Å². The predicted molar refractivity (Wildman–Crippen MR) is 67.7 cm³/mol. The van der Waals surface area contributed by atoms with Gasteiger partial charge in [0.2, 0.25) is 0 Å². The van der Waals surface area contributed by atoms with Crippen molar-refractivity contribution in [1.82, 2.24) is 5.32 Å². The molecule has 2 atom stereocenters. The van der Waals surface area contributed by atoms with E-state index in [0.29, 0.717) is 5.92 Å². The zero-order valence-electron chi connectivity index (χ0n) is 10.4. The van der Waals surface area contributed by atoms with Crippen molar-refractivity contribution in [2.45, 2.75) is 18.4 Å². The summed E-state index contributed by atoms with van der Waals surface area (Å²) in [5.74, 6) is 2.02. The van der Waals surface area contributed by atoms with E-state index in [1.807, 2.05) is 6.07 Å². The minimum Gasteiger partial charge on any atom is -0.497 e. The molecule has 1 fully saturated rings. The molecule has 0 aliphatic carbocycles. The van der Waals surface area contributed by atoms with Crippen LogP contribution in [0.4, 0.5) is 0 Å². The maximum Gasteiger partial charge on any atom is 0.122 e. The number of piperidine rings is 1. The molecule has 4 nitrogen and oxygen atoms in total. The van der Waals surface area contributed by atoms with Crippen molar-refractivity contribution in [1.29, 1.82) is 0 Å². The average molecular weight is 236 g/mol. The van der Waals surface area contributed by atoms with Crippen LogP contribution in [0.25, 0.3) is 0 Å². The Hall–Kier alpha value is -1.26. The molecular formula is C13H20N2O2. The molecule has 1 aromatic rings. The van der Waals surface area contributed by atoms with Gasteiger partial charge in [0.25, 0.3) is 0 Å². The molecule has 1 heterocycles. The van der Waals surface area contributed by atoms with Crippen LogP contribution < -0.4 is 20.5 Å². The van der Waals surface area contributed by atoms with Crippen LogP contribution in [0.5, 0.6) is 11.5 Å². The second kappa shape index (κ2) is 5.38. The summed E-state index contributed by atoms with van der Waals surface area (Å²) in [5, 5.41) is 3.30. The van der Waals surface area contributed by atoms with Gasteiger partial charge in [0.15, 0.2) is 0 Å². The number of hydrogen-bond acceptors (Lipinski definition) is 4. The first-order valence-electron chi connectivity index (χ1n) is 5.94. The second-order valence-electron chi connectivity index (χ2n) is 4.41. The fourth-order valence-electron chi connectivity index (χ4n) is 2.34. The summed E-state index contributed by atoms with van der Waals surface area (Å²) in [6.07, 6.45) is 1.05. The lowest BCUT2D eigenvalue weighted by Crippen LogP contribution is -2.44. The molecular weight excluding hydrogens is 216 g/mol. The molecule has 0 radical (unpaired) electrons. The Labute approximate surface area is 102 Å². The van der Waals surface area contributed by atoms with Gasteiger partial charge in [-0.05, 0) is 30.7 Å². The van der Waals surface area contributed by atoms with Gasteiger partial charge >= 0.3 is 0 Å². The van der Waals surface area contributed by atoms with Crippen LogP contribution in [-0.4, -0.2) is 33.4 Å². The lowest BCUT2D eigenvalue weighted by molar-refractivity contribution is 0.381. The fraction of sp³-hybridized carbons (Fsp3) is 0.538. The highest BCUT2D eigenvalue weighted by atomic mass is 16.5. The molecule has 17 heavy (non-hydrogen) atoms. The Bertz CT molecular complexity index is 359. The average Bonchev–Trinajstić information content (AvgIpc) is 2.38. The van der Waals surface area contributed by atoms with E-state index >= 15 is 0 Å². The van der Waals surface area contributed by atoms with Crippen molar-refractivity contribution in [2.24, 2.45) is 5.73 Å². The molecule has 1 aromatic carbocycles. The Morgan fingerprint density at radius 3 is 2.35 bits per heavy atom. The molecule has 1 aliphatic rings. The first-order valence-corrected chi connectivity index (χ1v) is 5.94. The van der Waals surface area contributed by atoms with Crippen LogP contribution in [0, 0.1) is 0 Å². The molecule has 4 heteroatoms. The summed E-state index contributed by atoms with van der Waals surface area (Å²) in [7, 11) is 3.34. The number of benzene rings is 1. The van der Waals surface area contributed by atoms with Gasteiger partial charge in [0.1, 0.15) is 11.5 Å². The van der Waals surface area contributed by atoms with Crippen molar-refractivity contribution < 1.29 is 9.47 Å². The summed E-state index contributed by atoms with van der Waals surface area (Å²) in [6.45, 7) is 1.88.